The molecule has 0 bridgehead atoms. The van der Waals surface area contributed by atoms with Crippen LogP contribution in [0.3, 0.4) is 0 Å². The van der Waals surface area contributed by atoms with Crippen molar-refractivity contribution in [3.05, 3.63) is 52.5 Å². The van der Waals surface area contributed by atoms with E-state index in [1.54, 1.807) is 13.0 Å². The van der Waals surface area contributed by atoms with Gasteiger partial charge in [0, 0.05) is 4.90 Å². The molecule has 0 saturated heterocycles. The second kappa shape index (κ2) is 9.19. The summed E-state index contributed by atoms with van der Waals surface area (Å²) in [6, 6.07) is 10.9. The topological polar surface area (TPSA) is 66.5 Å². The maximum Gasteiger partial charge on any atom is 0.248 e. The third-order valence-corrected chi connectivity index (χ3v) is 6.57. The summed E-state index contributed by atoms with van der Waals surface area (Å²) in [6.45, 7) is 1.75. The predicted octanol–water partition coefficient (Wildman–Crippen LogP) is 4.90. The third-order valence-electron chi connectivity index (χ3n) is 3.85. The number of hydrogen-bond acceptors (Lipinski definition) is 4. The molecule has 2 aromatic carbocycles. The molecule has 0 aliphatic heterocycles. The van der Waals surface area contributed by atoms with E-state index in [0.717, 1.165) is 15.5 Å². The minimum absolute atomic E-state index is 0.214. The van der Waals surface area contributed by atoms with Gasteiger partial charge in [0.05, 0.1) is 27.7 Å². The number of carbonyl (C=O) groups is 1. The minimum Gasteiger partial charge on any atom is -0.323 e. The molecular formula is C18H20Cl2N2O3S2. The van der Waals surface area contributed by atoms with E-state index < -0.39 is 22.0 Å². The SMILES string of the molecule is CC[C@H](C(=O)Nc1ccccc1SC)N(c1ccc(Cl)c(Cl)c1)S(C)(=O)=O. The van der Waals surface area contributed by atoms with Crippen molar-refractivity contribution in [2.45, 2.75) is 24.3 Å². The molecule has 2 aromatic rings. The van der Waals surface area contributed by atoms with E-state index in [0.29, 0.717) is 10.7 Å². The van der Waals surface area contributed by atoms with Gasteiger partial charge in [0.2, 0.25) is 15.9 Å². The summed E-state index contributed by atoms with van der Waals surface area (Å²) in [6.07, 6.45) is 3.24. The smallest absolute Gasteiger partial charge is 0.248 e. The van der Waals surface area contributed by atoms with Gasteiger partial charge in [-0.2, -0.15) is 0 Å². The molecule has 0 aliphatic carbocycles. The largest absolute Gasteiger partial charge is 0.323 e. The normalized spacial score (nSPS) is 12.5. The average Bonchev–Trinajstić information content (AvgIpc) is 2.61. The average molecular weight is 447 g/mol. The zero-order valence-corrected chi connectivity index (χ0v) is 18.2. The fourth-order valence-corrected chi connectivity index (χ4v) is 4.70. The molecule has 0 spiro atoms. The maximum atomic E-state index is 12.9. The second-order valence-electron chi connectivity index (χ2n) is 5.77. The van der Waals surface area contributed by atoms with Gasteiger partial charge in [0.1, 0.15) is 6.04 Å². The summed E-state index contributed by atoms with van der Waals surface area (Å²) >= 11 is 13.5. The molecule has 0 aromatic heterocycles. The molecule has 1 amide bonds. The number of anilines is 2. The van der Waals surface area contributed by atoms with Crippen LogP contribution in [0.4, 0.5) is 11.4 Å². The molecule has 5 nitrogen and oxygen atoms in total. The number of rotatable bonds is 7. The van der Waals surface area contributed by atoms with Crippen LogP contribution in [0.2, 0.25) is 10.0 Å². The van der Waals surface area contributed by atoms with Crippen molar-refractivity contribution in [2.24, 2.45) is 0 Å². The lowest BCUT2D eigenvalue weighted by atomic mass is 10.2. The van der Waals surface area contributed by atoms with Crippen LogP contribution >= 0.6 is 35.0 Å². The van der Waals surface area contributed by atoms with Crippen LogP contribution in [0.25, 0.3) is 0 Å². The monoisotopic (exact) mass is 446 g/mol. The number of halogens is 2. The fraction of sp³-hybridized carbons (Fsp3) is 0.278. The van der Waals surface area contributed by atoms with E-state index >= 15 is 0 Å². The van der Waals surface area contributed by atoms with Gasteiger partial charge in [-0.25, -0.2) is 8.42 Å². The van der Waals surface area contributed by atoms with Gasteiger partial charge in [0.25, 0.3) is 0 Å². The van der Waals surface area contributed by atoms with Crippen molar-refractivity contribution in [1.82, 2.24) is 0 Å². The van der Waals surface area contributed by atoms with Crippen LogP contribution in [0.15, 0.2) is 47.4 Å². The highest BCUT2D eigenvalue weighted by Crippen LogP contribution is 2.31. The van der Waals surface area contributed by atoms with E-state index in [1.165, 1.54) is 30.0 Å². The Labute approximate surface area is 174 Å². The Bertz CT molecular complexity index is 936. The Balaban J connectivity index is 2.43. The molecule has 1 atom stereocenters. The second-order valence-corrected chi connectivity index (χ2v) is 9.29. The van der Waals surface area contributed by atoms with Gasteiger partial charge < -0.3 is 5.32 Å². The van der Waals surface area contributed by atoms with Crippen molar-refractivity contribution in [3.8, 4) is 0 Å². The van der Waals surface area contributed by atoms with E-state index in [1.807, 2.05) is 24.5 Å². The lowest BCUT2D eigenvalue weighted by Crippen LogP contribution is -2.47. The number of nitrogens with one attached hydrogen (secondary N) is 1. The van der Waals surface area contributed by atoms with Gasteiger partial charge in [-0.15, -0.1) is 11.8 Å². The molecule has 0 unspecified atom stereocenters. The fourth-order valence-electron chi connectivity index (χ4n) is 2.65. The maximum absolute atomic E-state index is 12.9. The number of hydrogen-bond donors (Lipinski definition) is 1. The number of nitrogens with zero attached hydrogens (tertiary/aromatic N) is 1. The van der Waals surface area contributed by atoms with Crippen LogP contribution in [0, 0.1) is 0 Å². The number of amides is 1. The van der Waals surface area contributed by atoms with Crippen LogP contribution < -0.4 is 9.62 Å². The van der Waals surface area contributed by atoms with Crippen LogP contribution in [0.1, 0.15) is 13.3 Å². The van der Waals surface area contributed by atoms with E-state index in [9.17, 15) is 13.2 Å². The third kappa shape index (κ3) is 5.31. The van der Waals surface area contributed by atoms with Gasteiger partial charge >= 0.3 is 0 Å². The summed E-state index contributed by atoms with van der Waals surface area (Å²) in [5, 5.41) is 3.36. The molecule has 0 aliphatic rings. The van der Waals surface area contributed by atoms with Crippen molar-refractivity contribution in [1.29, 1.82) is 0 Å². The van der Waals surface area contributed by atoms with Gasteiger partial charge in [-0.1, -0.05) is 42.3 Å². The van der Waals surface area contributed by atoms with Crippen molar-refractivity contribution in [2.75, 3.05) is 22.1 Å². The molecule has 0 saturated carbocycles. The van der Waals surface area contributed by atoms with Gasteiger partial charge in [-0.05, 0) is 43.0 Å². The minimum atomic E-state index is -3.75. The Morgan fingerprint density at radius 3 is 2.41 bits per heavy atom. The first-order valence-corrected chi connectivity index (χ1v) is 11.9. The summed E-state index contributed by atoms with van der Waals surface area (Å²) in [5.41, 5.74) is 0.920. The number of para-hydroxylation sites is 1. The molecule has 27 heavy (non-hydrogen) atoms. The molecule has 1 N–H and O–H groups in total. The zero-order valence-electron chi connectivity index (χ0n) is 15.1. The van der Waals surface area contributed by atoms with E-state index in [2.05, 4.69) is 5.32 Å². The highest BCUT2D eigenvalue weighted by atomic mass is 35.5. The molecule has 9 heteroatoms. The molecule has 0 radical (unpaired) electrons. The Morgan fingerprint density at radius 2 is 1.85 bits per heavy atom. The lowest BCUT2D eigenvalue weighted by Gasteiger charge is -2.30. The van der Waals surface area contributed by atoms with Crippen LogP contribution in [-0.4, -0.2) is 32.9 Å². The Hall–Kier alpha value is -1.41. The van der Waals surface area contributed by atoms with Crippen molar-refractivity contribution < 1.29 is 13.2 Å². The summed E-state index contributed by atoms with van der Waals surface area (Å²) in [7, 11) is -3.75. The summed E-state index contributed by atoms with van der Waals surface area (Å²) < 4.78 is 26.0. The van der Waals surface area contributed by atoms with Crippen molar-refractivity contribution >= 4 is 62.3 Å². The van der Waals surface area contributed by atoms with Crippen LogP contribution in [-0.2, 0) is 14.8 Å². The number of carbonyl (C=O) groups excluding carboxylic acids is 1. The molecule has 2 rings (SSSR count). The Kier molecular flexibility index (Phi) is 7.45. The molecule has 0 heterocycles. The first-order valence-electron chi connectivity index (χ1n) is 8.07. The number of thioether (sulfide) groups is 1. The highest BCUT2D eigenvalue weighted by molar-refractivity contribution is 7.98. The first kappa shape index (κ1) is 21.9. The highest BCUT2D eigenvalue weighted by Gasteiger charge is 2.32. The number of sulfonamides is 1. The van der Waals surface area contributed by atoms with Gasteiger partial charge in [0.15, 0.2) is 0 Å². The molecule has 146 valence electrons. The molecule has 0 fully saturated rings. The first-order chi connectivity index (χ1) is 12.7. The summed E-state index contributed by atoms with van der Waals surface area (Å²) in [4.78, 5) is 13.8. The lowest BCUT2D eigenvalue weighted by molar-refractivity contribution is -0.117. The number of benzene rings is 2. The predicted molar refractivity (Wildman–Crippen MR) is 115 cm³/mol. The van der Waals surface area contributed by atoms with Crippen molar-refractivity contribution in [3.63, 3.8) is 0 Å². The standard InChI is InChI=1S/C18H20Cl2N2O3S2/c1-4-16(18(23)21-15-7-5-6-8-17(15)26-2)22(27(3,24)25)12-9-10-13(19)14(20)11-12/h5-11,16H,4H2,1-3H3,(H,21,23)/t16-/m1/s1. The molecular weight excluding hydrogens is 427 g/mol. The van der Waals surface area contributed by atoms with E-state index in [4.69, 9.17) is 23.2 Å². The van der Waals surface area contributed by atoms with E-state index in [-0.39, 0.29) is 17.1 Å². The Morgan fingerprint density at radius 1 is 1.19 bits per heavy atom. The zero-order chi connectivity index (χ0) is 20.2. The van der Waals surface area contributed by atoms with Crippen LogP contribution in [0.5, 0.6) is 0 Å². The quantitative estimate of drug-likeness (QED) is 0.614. The summed E-state index contributed by atoms with van der Waals surface area (Å²) in [5.74, 6) is -0.421. The van der Waals surface area contributed by atoms with Gasteiger partial charge in [-0.3, -0.25) is 9.10 Å².